The SMILES string of the molecule is COc1ccccc1N1CCN(Cc2nc3nc(C)cc(N4CCC(C)CC4)n3n2)CC1. The topological polar surface area (TPSA) is 62.0 Å². The van der Waals surface area contributed by atoms with Crippen molar-refractivity contribution in [3.8, 4) is 5.75 Å². The molecule has 0 atom stereocenters. The van der Waals surface area contributed by atoms with E-state index >= 15 is 0 Å². The molecule has 32 heavy (non-hydrogen) atoms. The number of anilines is 2. The van der Waals surface area contributed by atoms with Crippen LogP contribution in [0, 0.1) is 12.8 Å². The molecule has 0 radical (unpaired) electrons. The second kappa shape index (κ2) is 8.94. The van der Waals surface area contributed by atoms with Gasteiger partial charge >= 0.3 is 0 Å². The van der Waals surface area contributed by atoms with Crippen molar-refractivity contribution in [3.63, 3.8) is 0 Å². The van der Waals surface area contributed by atoms with Crippen molar-refractivity contribution >= 4 is 17.3 Å². The lowest BCUT2D eigenvalue weighted by Gasteiger charge is -2.36. The van der Waals surface area contributed by atoms with Crippen molar-refractivity contribution in [2.75, 3.05) is 56.2 Å². The number of rotatable bonds is 5. The third-order valence-corrected chi connectivity index (χ3v) is 6.74. The minimum atomic E-state index is 0.710. The maximum atomic E-state index is 5.54. The number of hydrogen-bond donors (Lipinski definition) is 0. The van der Waals surface area contributed by atoms with E-state index in [9.17, 15) is 0 Å². The fourth-order valence-electron chi connectivity index (χ4n) is 4.78. The van der Waals surface area contributed by atoms with Crippen LogP contribution in [0.3, 0.4) is 0 Å². The number of benzene rings is 1. The molecule has 0 amide bonds. The number of piperazine rings is 1. The highest BCUT2D eigenvalue weighted by Crippen LogP contribution is 2.28. The molecule has 2 aromatic heterocycles. The van der Waals surface area contributed by atoms with Gasteiger partial charge in [-0.1, -0.05) is 19.1 Å². The number of nitrogens with zero attached hydrogens (tertiary/aromatic N) is 7. The lowest BCUT2D eigenvalue weighted by molar-refractivity contribution is 0.243. The van der Waals surface area contributed by atoms with E-state index in [2.05, 4.69) is 44.8 Å². The highest BCUT2D eigenvalue weighted by atomic mass is 16.5. The number of piperidine rings is 1. The summed E-state index contributed by atoms with van der Waals surface area (Å²) in [6.07, 6.45) is 2.45. The van der Waals surface area contributed by atoms with Gasteiger partial charge in [-0.15, -0.1) is 5.10 Å². The van der Waals surface area contributed by atoms with Crippen LogP contribution in [0.5, 0.6) is 5.75 Å². The molecule has 4 heterocycles. The molecule has 8 nitrogen and oxygen atoms in total. The first-order chi connectivity index (χ1) is 15.6. The molecule has 2 aliphatic heterocycles. The Bertz CT molecular complexity index is 1070. The highest BCUT2D eigenvalue weighted by molar-refractivity contribution is 5.58. The van der Waals surface area contributed by atoms with Gasteiger partial charge in [-0.25, -0.2) is 4.98 Å². The van der Waals surface area contributed by atoms with Crippen molar-refractivity contribution in [2.45, 2.75) is 33.2 Å². The first kappa shape index (κ1) is 21.0. The standard InChI is InChI=1S/C24H33N7O/c1-18-8-10-30(11-9-18)23-16-19(2)25-24-26-22(27-31(23)24)17-28-12-14-29(15-13-28)20-6-4-5-7-21(20)32-3/h4-7,16,18H,8-15,17H2,1-3H3. The average molecular weight is 436 g/mol. The molecule has 0 aliphatic carbocycles. The fourth-order valence-corrected chi connectivity index (χ4v) is 4.78. The Hall–Kier alpha value is -2.87. The molecule has 2 saturated heterocycles. The first-order valence-electron chi connectivity index (χ1n) is 11.7. The van der Waals surface area contributed by atoms with Crippen molar-refractivity contribution in [3.05, 3.63) is 41.9 Å². The number of ether oxygens (including phenoxy) is 1. The summed E-state index contributed by atoms with van der Waals surface area (Å²) in [7, 11) is 1.73. The van der Waals surface area contributed by atoms with E-state index in [1.54, 1.807) is 7.11 Å². The molecule has 0 saturated carbocycles. The molecule has 0 bridgehead atoms. The van der Waals surface area contributed by atoms with E-state index in [4.69, 9.17) is 14.8 Å². The lowest BCUT2D eigenvalue weighted by atomic mass is 9.99. The number of para-hydroxylation sites is 2. The van der Waals surface area contributed by atoms with Gasteiger partial charge in [-0.2, -0.15) is 9.50 Å². The van der Waals surface area contributed by atoms with Gasteiger partial charge in [0.25, 0.3) is 5.78 Å². The molecule has 1 aromatic carbocycles. The van der Waals surface area contributed by atoms with Crippen LogP contribution < -0.4 is 14.5 Å². The average Bonchev–Trinajstić information content (AvgIpc) is 3.21. The number of aromatic nitrogens is 4. The molecule has 3 aromatic rings. The summed E-state index contributed by atoms with van der Waals surface area (Å²) in [5.74, 6) is 4.41. The van der Waals surface area contributed by atoms with Gasteiger partial charge in [0.1, 0.15) is 11.6 Å². The Morgan fingerprint density at radius 1 is 0.969 bits per heavy atom. The van der Waals surface area contributed by atoms with Crippen molar-refractivity contribution in [1.82, 2.24) is 24.5 Å². The molecule has 2 aliphatic rings. The fraction of sp³-hybridized carbons (Fsp3) is 0.542. The van der Waals surface area contributed by atoms with Crippen molar-refractivity contribution < 1.29 is 4.74 Å². The monoisotopic (exact) mass is 435 g/mol. The minimum Gasteiger partial charge on any atom is -0.495 e. The molecule has 2 fully saturated rings. The quantitative estimate of drug-likeness (QED) is 0.610. The van der Waals surface area contributed by atoms with Gasteiger partial charge in [0.15, 0.2) is 5.82 Å². The van der Waals surface area contributed by atoms with Crippen LogP contribution in [0.1, 0.15) is 31.3 Å². The van der Waals surface area contributed by atoms with Crippen LogP contribution in [0.2, 0.25) is 0 Å². The first-order valence-corrected chi connectivity index (χ1v) is 11.7. The van der Waals surface area contributed by atoms with E-state index < -0.39 is 0 Å². The highest BCUT2D eigenvalue weighted by Gasteiger charge is 2.23. The van der Waals surface area contributed by atoms with Gasteiger partial charge in [0.2, 0.25) is 0 Å². The Morgan fingerprint density at radius 3 is 2.47 bits per heavy atom. The van der Waals surface area contributed by atoms with E-state index in [1.807, 2.05) is 23.6 Å². The zero-order chi connectivity index (χ0) is 22.1. The van der Waals surface area contributed by atoms with Gasteiger partial charge in [-0.05, 0) is 37.8 Å². The lowest BCUT2D eigenvalue weighted by Crippen LogP contribution is -2.46. The predicted molar refractivity (Wildman–Crippen MR) is 127 cm³/mol. The summed E-state index contributed by atoms with van der Waals surface area (Å²) >= 11 is 0. The Labute approximate surface area is 189 Å². The predicted octanol–water partition coefficient (Wildman–Crippen LogP) is 3.00. The Morgan fingerprint density at radius 2 is 1.72 bits per heavy atom. The summed E-state index contributed by atoms with van der Waals surface area (Å²) in [5, 5.41) is 4.87. The summed E-state index contributed by atoms with van der Waals surface area (Å²) in [6, 6.07) is 10.4. The van der Waals surface area contributed by atoms with Crippen LogP contribution in [0.15, 0.2) is 30.3 Å². The zero-order valence-corrected chi connectivity index (χ0v) is 19.4. The van der Waals surface area contributed by atoms with Gasteiger partial charge in [-0.3, -0.25) is 4.90 Å². The molecule has 170 valence electrons. The molecule has 0 spiro atoms. The normalized spacial score (nSPS) is 18.5. The summed E-state index contributed by atoms with van der Waals surface area (Å²) in [5.41, 5.74) is 2.16. The van der Waals surface area contributed by atoms with Crippen LogP contribution >= 0.6 is 0 Å². The van der Waals surface area contributed by atoms with Crippen LogP contribution in [0.25, 0.3) is 5.78 Å². The van der Waals surface area contributed by atoms with E-state index in [1.165, 1.54) is 18.5 Å². The van der Waals surface area contributed by atoms with Crippen LogP contribution in [-0.4, -0.2) is 70.9 Å². The van der Waals surface area contributed by atoms with E-state index in [0.29, 0.717) is 5.78 Å². The third kappa shape index (κ3) is 4.24. The second-order valence-electron chi connectivity index (χ2n) is 9.10. The number of methoxy groups -OCH3 is 1. The second-order valence-corrected chi connectivity index (χ2v) is 9.10. The molecule has 0 unspecified atom stereocenters. The van der Waals surface area contributed by atoms with Crippen molar-refractivity contribution in [1.29, 1.82) is 0 Å². The maximum Gasteiger partial charge on any atom is 0.254 e. The van der Waals surface area contributed by atoms with Gasteiger partial charge in [0.05, 0.1) is 19.3 Å². The summed E-state index contributed by atoms with van der Waals surface area (Å²) in [6.45, 7) is 11.1. The maximum absolute atomic E-state index is 5.54. The zero-order valence-electron chi connectivity index (χ0n) is 19.4. The number of aryl methyl sites for hydroxylation is 1. The third-order valence-electron chi connectivity index (χ3n) is 6.74. The van der Waals surface area contributed by atoms with Gasteiger partial charge < -0.3 is 14.5 Å². The van der Waals surface area contributed by atoms with Gasteiger partial charge in [0, 0.05) is 51.0 Å². The Kier molecular flexibility index (Phi) is 5.87. The molecular weight excluding hydrogens is 402 g/mol. The smallest absolute Gasteiger partial charge is 0.254 e. The Balaban J connectivity index is 1.29. The number of hydrogen-bond acceptors (Lipinski definition) is 7. The van der Waals surface area contributed by atoms with Crippen molar-refractivity contribution in [2.24, 2.45) is 5.92 Å². The van der Waals surface area contributed by atoms with Crippen LogP contribution in [0.4, 0.5) is 11.5 Å². The summed E-state index contributed by atoms with van der Waals surface area (Å²) in [4.78, 5) is 16.7. The molecule has 0 N–H and O–H groups in total. The molecule has 5 rings (SSSR count). The van der Waals surface area contributed by atoms with E-state index in [-0.39, 0.29) is 0 Å². The van der Waals surface area contributed by atoms with Crippen LogP contribution in [-0.2, 0) is 6.54 Å². The molecular formula is C24H33N7O. The molecule has 8 heteroatoms. The largest absolute Gasteiger partial charge is 0.495 e. The number of fused-ring (bicyclic) bond motifs is 1. The van der Waals surface area contributed by atoms with E-state index in [0.717, 1.165) is 74.8 Å². The summed E-state index contributed by atoms with van der Waals surface area (Å²) < 4.78 is 7.49. The minimum absolute atomic E-state index is 0.710.